The largest absolute Gasteiger partial charge is 0.360 e. The van der Waals surface area contributed by atoms with Crippen molar-refractivity contribution in [3.63, 3.8) is 0 Å². The molecule has 0 unspecified atom stereocenters. The summed E-state index contributed by atoms with van der Waals surface area (Å²) in [5.41, 5.74) is 0.339. The van der Waals surface area contributed by atoms with Gasteiger partial charge in [-0.25, -0.2) is 9.18 Å². The topological polar surface area (TPSA) is 87.5 Å². The predicted octanol–water partition coefficient (Wildman–Crippen LogP) is 4.18. The van der Waals surface area contributed by atoms with Crippen molar-refractivity contribution in [2.45, 2.75) is 39.5 Å². The molecule has 0 radical (unpaired) electrons. The van der Waals surface area contributed by atoms with E-state index in [-0.39, 0.29) is 12.5 Å². The van der Waals surface area contributed by atoms with E-state index in [2.05, 4.69) is 22.7 Å². The maximum absolute atomic E-state index is 13.3. The van der Waals surface area contributed by atoms with Crippen LogP contribution in [-0.2, 0) is 4.79 Å². The van der Waals surface area contributed by atoms with Crippen molar-refractivity contribution >= 4 is 23.4 Å². The van der Waals surface area contributed by atoms with Gasteiger partial charge in [-0.2, -0.15) is 0 Å². The van der Waals surface area contributed by atoms with E-state index in [1.165, 1.54) is 23.1 Å². The van der Waals surface area contributed by atoms with Crippen LogP contribution in [0.3, 0.4) is 0 Å². The first kappa shape index (κ1) is 20.4. The molecular weight excluding hydrogens is 351 g/mol. The van der Waals surface area contributed by atoms with Crippen molar-refractivity contribution in [2.24, 2.45) is 0 Å². The molecular formula is C19H25FN4O3. The van der Waals surface area contributed by atoms with Gasteiger partial charge in [-0.3, -0.25) is 4.79 Å². The summed E-state index contributed by atoms with van der Waals surface area (Å²) in [6.45, 7) is 4.10. The second-order valence-electron chi connectivity index (χ2n) is 6.29. The second-order valence-corrected chi connectivity index (χ2v) is 6.29. The molecule has 8 heteroatoms. The number of nitrogens with zero attached hydrogens (tertiary/aromatic N) is 2. The molecule has 1 heterocycles. The lowest BCUT2D eigenvalue weighted by Gasteiger charge is -2.22. The first-order valence-corrected chi connectivity index (χ1v) is 9.02. The van der Waals surface area contributed by atoms with Gasteiger partial charge in [0.05, 0.1) is 0 Å². The molecule has 0 aliphatic heterocycles. The number of benzene rings is 1. The third-order valence-corrected chi connectivity index (χ3v) is 3.87. The molecule has 0 bridgehead atoms. The molecule has 0 spiro atoms. The van der Waals surface area contributed by atoms with Crippen LogP contribution in [0.2, 0.25) is 0 Å². The molecule has 2 aromatic rings. The van der Waals surface area contributed by atoms with Crippen LogP contribution in [0.15, 0.2) is 34.9 Å². The smallest absolute Gasteiger partial charge is 0.322 e. The van der Waals surface area contributed by atoms with Gasteiger partial charge in [-0.1, -0.05) is 37.4 Å². The van der Waals surface area contributed by atoms with E-state index in [0.29, 0.717) is 23.8 Å². The van der Waals surface area contributed by atoms with Crippen LogP contribution in [0, 0.1) is 12.7 Å². The number of aromatic nitrogens is 1. The first-order chi connectivity index (χ1) is 13.0. The fraction of sp³-hybridized carbons (Fsp3) is 0.421. The van der Waals surface area contributed by atoms with Crippen LogP contribution < -0.4 is 10.6 Å². The fourth-order valence-corrected chi connectivity index (χ4v) is 2.53. The summed E-state index contributed by atoms with van der Waals surface area (Å²) in [4.78, 5) is 26.2. The van der Waals surface area contributed by atoms with E-state index in [4.69, 9.17) is 4.52 Å². The van der Waals surface area contributed by atoms with Gasteiger partial charge in [0.25, 0.3) is 0 Å². The third-order valence-electron chi connectivity index (χ3n) is 3.87. The molecule has 0 aliphatic rings. The minimum Gasteiger partial charge on any atom is -0.360 e. The number of unbranched alkanes of at least 4 members (excludes halogenated alkanes) is 3. The summed E-state index contributed by atoms with van der Waals surface area (Å²) in [5, 5.41) is 8.93. The lowest BCUT2D eigenvalue weighted by atomic mass is 10.2. The van der Waals surface area contributed by atoms with Gasteiger partial charge in [0.15, 0.2) is 5.82 Å². The van der Waals surface area contributed by atoms with E-state index in [1.54, 1.807) is 19.1 Å². The van der Waals surface area contributed by atoms with Crippen LogP contribution >= 0.6 is 0 Å². The summed E-state index contributed by atoms with van der Waals surface area (Å²) < 4.78 is 18.2. The van der Waals surface area contributed by atoms with Crippen molar-refractivity contribution in [1.82, 2.24) is 10.1 Å². The Morgan fingerprint density at radius 2 is 2.00 bits per heavy atom. The number of rotatable bonds is 9. The Hall–Kier alpha value is -2.90. The maximum atomic E-state index is 13.3. The minimum absolute atomic E-state index is 0.140. The SMILES string of the molecule is CCCCCCN(CC(=O)Nc1cc(C)on1)C(=O)Nc1cccc(F)c1. The molecule has 0 aliphatic carbocycles. The Bertz CT molecular complexity index is 763. The van der Waals surface area contributed by atoms with Crippen molar-refractivity contribution < 1.29 is 18.5 Å². The van der Waals surface area contributed by atoms with Crippen LogP contribution in [0.5, 0.6) is 0 Å². The van der Waals surface area contributed by atoms with Gasteiger partial charge in [0, 0.05) is 18.3 Å². The monoisotopic (exact) mass is 376 g/mol. The number of carbonyl (C=O) groups excluding carboxylic acids is 2. The zero-order valence-electron chi connectivity index (χ0n) is 15.6. The molecule has 146 valence electrons. The highest BCUT2D eigenvalue weighted by Gasteiger charge is 2.18. The molecule has 3 amide bonds. The van der Waals surface area contributed by atoms with Crippen molar-refractivity contribution in [2.75, 3.05) is 23.7 Å². The Balaban J connectivity index is 1.98. The highest BCUT2D eigenvalue weighted by Crippen LogP contribution is 2.12. The zero-order valence-corrected chi connectivity index (χ0v) is 15.6. The van der Waals surface area contributed by atoms with E-state index in [9.17, 15) is 14.0 Å². The Morgan fingerprint density at radius 1 is 1.19 bits per heavy atom. The molecule has 27 heavy (non-hydrogen) atoms. The van der Waals surface area contributed by atoms with Crippen LogP contribution in [0.25, 0.3) is 0 Å². The van der Waals surface area contributed by atoms with Gasteiger partial charge < -0.3 is 20.1 Å². The summed E-state index contributed by atoms with van der Waals surface area (Å²) in [6, 6.07) is 6.77. The number of halogens is 1. The molecule has 0 saturated heterocycles. The van der Waals surface area contributed by atoms with E-state index in [0.717, 1.165) is 25.7 Å². The molecule has 0 atom stereocenters. The van der Waals surface area contributed by atoms with Crippen LogP contribution in [0.4, 0.5) is 20.7 Å². The van der Waals surface area contributed by atoms with E-state index in [1.807, 2.05) is 0 Å². The predicted molar refractivity (Wildman–Crippen MR) is 101 cm³/mol. The van der Waals surface area contributed by atoms with Crippen LogP contribution in [-0.4, -0.2) is 35.1 Å². The lowest BCUT2D eigenvalue weighted by Crippen LogP contribution is -2.41. The zero-order chi connectivity index (χ0) is 19.6. The molecule has 2 N–H and O–H groups in total. The fourth-order valence-electron chi connectivity index (χ4n) is 2.53. The number of anilines is 2. The van der Waals surface area contributed by atoms with Crippen molar-refractivity contribution in [3.05, 3.63) is 41.9 Å². The van der Waals surface area contributed by atoms with Gasteiger partial charge in [0.1, 0.15) is 18.1 Å². The number of urea groups is 1. The van der Waals surface area contributed by atoms with E-state index < -0.39 is 11.8 Å². The Morgan fingerprint density at radius 3 is 2.67 bits per heavy atom. The van der Waals surface area contributed by atoms with Crippen molar-refractivity contribution in [1.29, 1.82) is 0 Å². The van der Waals surface area contributed by atoms with Crippen LogP contribution in [0.1, 0.15) is 38.4 Å². The average molecular weight is 376 g/mol. The Kier molecular flexibility index (Phi) is 7.79. The molecule has 1 aromatic carbocycles. The molecule has 0 fully saturated rings. The summed E-state index contributed by atoms with van der Waals surface area (Å²) in [7, 11) is 0. The third kappa shape index (κ3) is 7.08. The molecule has 1 aromatic heterocycles. The van der Waals surface area contributed by atoms with Gasteiger partial charge in [-0.15, -0.1) is 0 Å². The standard InChI is InChI=1S/C19H25FN4O3/c1-3-4-5-6-10-24(13-18(25)22-17-11-14(2)27-23-17)19(26)21-16-9-7-8-15(20)12-16/h7-9,11-12H,3-6,10,13H2,1-2H3,(H,21,26)(H,22,23,25). The normalized spacial score (nSPS) is 10.5. The molecule has 0 saturated carbocycles. The number of hydrogen-bond donors (Lipinski definition) is 2. The Labute approximate surface area is 157 Å². The quantitative estimate of drug-likeness (QED) is 0.643. The molecule has 7 nitrogen and oxygen atoms in total. The summed E-state index contributed by atoms with van der Waals surface area (Å²) in [5.74, 6) is 0.0502. The van der Waals surface area contributed by atoms with Crippen molar-refractivity contribution in [3.8, 4) is 0 Å². The number of amides is 3. The first-order valence-electron chi connectivity index (χ1n) is 9.02. The van der Waals surface area contributed by atoms with Gasteiger partial charge in [-0.05, 0) is 31.5 Å². The number of carbonyl (C=O) groups is 2. The van der Waals surface area contributed by atoms with E-state index >= 15 is 0 Å². The summed E-state index contributed by atoms with van der Waals surface area (Å²) >= 11 is 0. The minimum atomic E-state index is -0.455. The maximum Gasteiger partial charge on any atom is 0.322 e. The number of hydrogen-bond acceptors (Lipinski definition) is 4. The highest BCUT2D eigenvalue weighted by atomic mass is 19.1. The molecule has 2 rings (SSSR count). The van der Waals surface area contributed by atoms with Gasteiger partial charge >= 0.3 is 6.03 Å². The summed E-state index contributed by atoms with van der Waals surface area (Å²) in [6.07, 6.45) is 3.87. The lowest BCUT2D eigenvalue weighted by molar-refractivity contribution is -0.116. The van der Waals surface area contributed by atoms with Gasteiger partial charge in [0.2, 0.25) is 5.91 Å². The highest BCUT2D eigenvalue weighted by molar-refractivity contribution is 5.96. The second kappa shape index (κ2) is 10.3. The number of nitrogens with one attached hydrogen (secondary N) is 2. The number of aryl methyl sites for hydroxylation is 1. The average Bonchev–Trinajstić information content (AvgIpc) is 3.02.